The Morgan fingerprint density at radius 2 is 2.27 bits per heavy atom. The molecule has 0 amide bonds. The lowest BCUT2D eigenvalue weighted by Crippen LogP contribution is -2.34. The van der Waals surface area contributed by atoms with Crippen molar-refractivity contribution >= 4 is 10.0 Å². The van der Waals surface area contributed by atoms with Crippen molar-refractivity contribution < 1.29 is 13.5 Å². The first-order chi connectivity index (χ1) is 6.92. The van der Waals surface area contributed by atoms with Gasteiger partial charge in [-0.2, -0.15) is 5.10 Å². The molecule has 86 valence electrons. The van der Waals surface area contributed by atoms with Crippen LogP contribution in [0.3, 0.4) is 0 Å². The Bertz CT molecular complexity index is 385. The van der Waals surface area contributed by atoms with Crippen LogP contribution in [0.25, 0.3) is 0 Å². The van der Waals surface area contributed by atoms with Gasteiger partial charge in [-0.3, -0.25) is 5.10 Å². The van der Waals surface area contributed by atoms with Crippen LogP contribution in [0, 0.1) is 0 Å². The molecule has 2 unspecified atom stereocenters. The minimum absolute atomic E-state index is 0.0277. The minimum Gasteiger partial charge on any atom is -0.393 e. The third-order valence-electron chi connectivity index (χ3n) is 1.82. The molecule has 0 aromatic carbocycles. The van der Waals surface area contributed by atoms with Gasteiger partial charge in [0.1, 0.15) is 0 Å². The molecule has 0 aliphatic rings. The van der Waals surface area contributed by atoms with Crippen LogP contribution in [0.4, 0.5) is 0 Å². The Kier molecular flexibility index (Phi) is 3.83. The zero-order chi connectivity index (χ0) is 11.5. The summed E-state index contributed by atoms with van der Waals surface area (Å²) in [4.78, 5) is 0. The second-order valence-electron chi connectivity index (χ2n) is 3.53. The molecule has 0 radical (unpaired) electrons. The number of H-pyrrole nitrogens is 1. The molecule has 0 saturated carbocycles. The highest BCUT2D eigenvalue weighted by Crippen LogP contribution is 2.06. The Morgan fingerprint density at radius 3 is 2.73 bits per heavy atom. The minimum atomic E-state index is -3.54. The molecular formula is C8H15N3O3S. The zero-order valence-electron chi connectivity index (χ0n) is 8.64. The molecule has 7 heteroatoms. The van der Waals surface area contributed by atoms with E-state index in [1.54, 1.807) is 13.8 Å². The summed E-state index contributed by atoms with van der Waals surface area (Å²) in [5.74, 6) is 0. The summed E-state index contributed by atoms with van der Waals surface area (Å²) >= 11 is 0. The van der Waals surface area contributed by atoms with E-state index in [0.29, 0.717) is 6.42 Å². The van der Waals surface area contributed by atoms with Crippen LogP contribution >= 0.6 is 0 Å². The molecule has 0 aliphatic heterocycles. The molecule has 0 spiro atoms. The maximum atomic E-state index is 11.6. The van der Waals surface area contributed by atoms with E-state index in [9.17, 15) is 8.42 Å². The maximum Gasteiger partial charge on any atom is 0.257 e. The van der Waals surface area contributed by atoms with Crippen LogP contribution in [0.2, 0.25) is 0 Å². The molecule has 0 bridgehead atoms. The van der Waals surface area contributed by atoms with Crippen molar-refractivity contribution in [3.8, 4) is 0 Å². The highest BCUT2D eigenvalue weighted by Gasteiger charge is 2.19. The Hall–Kier alpha value is -0.920. The molecule has 6 nitrogen and oxygen atoms in total. The predicted molar refractivity (Wildman–Crippen MR) is 54.7 cm³/mol. The van der Waals surface area contributed by atoms with Crippen molar-refractivity contribution in [3.63, 3.8) is 0 Å². The van der Waals surface area contributed by atoms with Gasteiger partial charge in [0.2, 0.25) is 0 Å². The summed E-state index contributed by atoms with van der Waals surface area (Å²) in [5.41, 5.74) is 0. The normalized spacial score (nSPS) is 16.2. The number of aromatic amines is 1. The highest BCUT2D eigenvalue weighted by atomic mass is 32.2. The molecule has 2 atom stereocenters. The SMILES string of the molecule is CC(O)CC(C)NS(=O)(=O)c1ccn[nH]1. The van der Waals surface area contributed by atoms with Gasteiger partial charge in [0.05, 0.1) is 12.3 Å². The van der Waals surface area contributed by atoms with E-state index in [4.69, 9.17) is 5.11 Å². The van der Waals surface area contributed by atoms with E-state index in [1.165, 1.54) is 12.3 Å². The lowest BCUT2D eigenvalue weighted by Gasteiger charge is -2.14. The first-order valence-electron chi connectivity index (χ1n) is 4.61. The summed E-state index contributed by atoms with van der Waals surface area (Å²) in [6.07, 6.45) is 1.20. The van der Waals surface area contributed by atoms with Crippen LogP contribution in [-0.4, -0.2) is 35.9 Å². The molecule has 15 heavy (non-hydrogen) atoms. The number of aliphatic hydroxyl groups is 1. The number of sulfonamides is 1. The standard InChI is InChI=1S/C8H15N3O3S/c1-6(5-7(2)12)11-15(13,14)8-3-4-9-10-8/h3-4,6-7,11-12H,5H2,1-2H3,(H,9,10). The average molecular weight is 233 g/mol. The van der Waals surface area contributed by atoms with Crippen LogP contribution in [-0.2, 0) is 10.0 Å². The van der Waals surface area contributed by atoms with Crippen LogP contribution in [0.1, 0.15) is 20.3 Å². The van der Waals surface area contributed by atoms with Crippen LogP contribution in [0.15, 0.2) is 17.3 Å². The van der Waals surface area contributed by atoms with Gasteiger partial charge < -0.3 is 5.11 Å². The topological polar surface area (TPSA) is 95.1 Å². The third-order valence-corrected chi connectivity index (χ3v) is 3.33. The van der Waals surface area contributed by atoms with E-state index < -0.39 is 16.1 Å². The predicted octanol–water partition coefficient (Wildman–Crippen LogP) is -0.153. The van der Waals surface area contributed by atoms with Gasteiger partial charge in [0, 0.05) is 6.04 Å². The van der Waals surface area contributed by atoms with Crippen molar-refractivity contribution in [2.75, 3.05) is 0 Å². The molecule has 3 N–H and O–H groups in total. The average Bonchev–Trinajstić information content (AvgIpc) is 2.51. The monoisotopic (exact) mass is 233 g/mol. The van der Waals surface area contributed by atoms with E-state index in [2.05, 4.69) is 14.9 Å². The molecule has 1 heterocycles. The largest absolute Gasteiger partial charge is 0.393 e. The van der Waals surface area contributed by atoms with Gasteiger partial charge in [-0.05, 0) is 26.3 Å². The summed E-state index contributed by atoms with van der Waals surface area (Å²) in [5, 5.41) is 15.1. The van der Waals surface area contributed by atoms with Crippen LogP contribution < -0.4 is 4.72 Å². The quantitative estimate of drug-likeness (QED) is 0.659. The summed E-state index contributed by atoms with van der Waals surface area (Å²) in [7, 11) is -3.54. The van der Waals surface area contributed by atoms with Crippen molar-refractivity contribution in [3.05, 3.63) is 12.3 Å². The Morgan fingerprint density at radius 1 is 1.60 bits per heavy atom. The fourth-order valence-electron chi connectivity index (χ4n) is 1.28. The highest BCUT2D eigenvalue weighted by molar-refractivity contribution is 7.89. The maximum absolute atomic E-state index is 11.6. The summed E-state index contributed by atoms with van der Waals surface area (Å²) < 4.78 is 25.7. The van der Waals surface area contributed by atoms with Gasteiger partial charge in [-0.25, -0.2) is 13.1 Å². The summed E-state index contributed by atoms with van der Waals surface area (Å²) in [6, 6.07) is 1.05. The first kappa shape index (κ1) is 12.2. The number of aromatic nitrogens is 2. The smallest absolute Gasteiger partial charge is 0.257 e. The van der Waals surface area contributed by atoms with Crippen LogP contribution in [0.5, 0.6) is 0 Å². The number of hydrogen-bond donors (Lipinski definition) is 3. The van der Waals surface area contributed by atoms with Gasteiger partial charge in [-0.15, -0.1) is 0 Å². The number of hydrogen-bond acceptors (Lipinski definition) is 4. The second kappa shape index (κ2) is 4.73. The van der Waals surface area contributed by atoms with Crippen molar-refractivity contribution in [2.45, 2.75) is 37.4 Å². The van der Waals surface area contributed by atoms with E-state index >= 15 is 0 Å². The van der Waals surface area contributed by atoms with Gasteiger partial charge >= 0.3 is 0 Å². The van der Waals surface area contributed by atoms with Crippen molar-refractivity contribution in [1.82, 2.24) is 14.9 Å². The van der Waals surface area contributed by atoms with Gasteiger partial charge in [0.15, 0.2) is 5.03 Å². The summed E-state index contributed by atoms with van der Waals surface area (Å²) in [6.45, 7) is 3.31. The first-order valence-corrected chi connectivity index (χ1v) is 6.10. The number of nitrogens with zero attached hydrogens (tertiary/aromatic N) is 1. The van der Waals surface area contributed by atoms with Crippen molar-refractivity contribution in [2.24, 2.45) is 0 Å². The molecule has 1 aromatic heterocycles. The van der Waals surface area contributed by atoms with Crippen molar-refractivity contribution in [1.29, 1.82) is 0 Å². The number of aliphatic hydroxyl groups excluding tert-OH is 1. The third kappa shape index (κ3) is 3.61. The fraction of sp³-hybridized carbons (Fsp3) is 0.625. The molecule has 1 rings (SSSR count). The lowest BCUT2D eigenvalue weighted by molar-refractivity contribution is 0.175. The molecule has 0 aliphatic carbocycles. The van der Waals surface area contributed by atoms with E-state index in [-0.39, 0.29) is 11.1 Å². The Labute approximate surface area is 88.8 Å². The second-order valence-corrected chi connectivity index (χ2v) is 5.21. The molecular weight excluding hydrogens is 218 g/mol. The lowest BCUT2D eigenvalue weighted by atomic mass is 10.2. The zero-order valence-corrected chi connectivity index (χ0v) is 9.45. The van der Waals surface area contributed by atoms with E-state index in [1.807, 2.05) is 0 Å². The molecule has 1 aromatic rings. The van der Waals surface area contributed by atoms with E-state index in [0.717, 1.165) is 0 Å². The van der Waals surface area contributed by atoms with Gasteiger partial charge in [0.25, 0.3) is 10.0 Å². The molecule has 0 fully saturated rings. The van der Waals surface area contributed by atoms with Gasteiger partial charge in [-0.1, -0.05) is 0 Å². The Balaban J connectivity index is 2.66. The molecule has 0 saturated heterocycles. The number of rotatable bonds is 5. The fourth-order valence-corrected chi connectivity index (χ4v) is 2.45. The number of nitrogens with one attached hydrogen (secondary N) is 2.